The average molecular weight is 598 g/mol. The Kier molecular flexibility index (Phi) is 9.01. The highest BCUT2D eigenvalue weighted by atomic mass is 16.6. The highest BCUT2D eigenvalue weighted by Crippen LogP contribution is 2.56. The van der Waals surface area contributed by atoms with Gasteiger partial charge < -0.3 is 9.47 Å². The predicted molar refractivity (Wildman–Crippen MR) is 177 cm³/mol. The van der Waals surface area contributed by atoms with Crippen LogP contribution in [-0.4, -0.2) is 48.7 Å². The molecule has 5 heteroatoms. The fourth-order valence-electron chi connectivity index (χ4n) is 8.35. The Labute approximate surface area is 264 Å². The van der Waals surface area contributed by atoms with Gasteiger partial charge in [-0.05, 0) is 93.5 Å². The largest absolute Gasteiger partial charge is 0.465 e. The van der Waals surface area contributed by atoms with Crippen molar-refractivity contribution in [3.63, 3.8) is 0 Å². The van der Waals surface area contributed by atoms with Gasteiger partial charge in [0, 0.05) is 36.4 Å². The highest BCUT2D eigenvalue weighted by Gasteiger charge is 2.47. The van der Waals surface area contributed by atoms with Crippen LogP contribution in [0.1, 0.15) is 108 Å². The third kappa shape index (κ3) is 6.59. The number of rotatable bonds is 7. The SMILES string of the molecule is COC(=O)c1ccc(C2=CC[C@]3(C)CN(C4CCC(CCC(=O)OC(C)(C)C)(c5ccccc5)CC4)CC=C3C2(C)C)cc1. The van der Waals surface area contributed by atoms with Gasteiger partial charge >= 0.3 is 11.9 Å². The van der Waals surface area contributed by atoms with E-state index in [0.717, 1.165) is 51.6 Å². The molecule has 0 aromatic heterocycles. The van der Waals surface area contributed by atoms with Crippen molar-refractivity contribution in [3.05, 3.63) is 89.0 Å². The third-order valence-corrected chi connectivity index (χ3v) is 10.5. The lowest BCUT2D eigenvalue weighted by atomic mass is 9.58. The molecule has 44 heavy (non-hydrogen) atoms. The first-order chi connectivity index (χ1) is 20.8. The molecule has 2 aromatic carbocycles. The van der Waals surface area contributed by atoms with Crippen LogP contribution in [0.5, 0.6) is 0 Å². The number of methoxy groups -OCH3 is 1. The normalized spacial score (nSPS) is 27.0. The van der Waals surface area contributed by atoms with Crippen molar-refractivity contribution >= 4 is 17.5 Å². The van der Waals surface area contributed by atoms with Gasteiger partial charge in [-0.1, -0.05) is 81.0 Å². The molecule has 5 nitrogen and oxygen atoms in total. The summed E-state index contributed by atoms with van der Waals surface area (Å²) in [4.78, 5) is 27.4. The number of hydrogen-bond acceptors (Lipinski definition) is 5. The highest BCUT2D eigenvalue weighted by molar-refractivity contribution is 5.90. The van der Waals surface area contributed by atoms with Gasteiger partial charge in [0.15, 0.2) is 0 Å². The maximum atomic E-state index is 12.7. The Hall–Kier alpha value is -3.18. The minimum atomic E-state index is -0.454. The van der Waals surface area contributed by atoms with Gasteiger partial charge in [0.25, 0.3) is 0 Å². The zero-order valence-corrected chi connectivity index (χ0v) is 27.9. The third-order valence-electron chi connectivity index (χ3n) is 10.5. The van der Waals surface area contributed by atoms with Gasteiger partial charge in [0.1, 0.15) is 5.60 Å². The lowest BCUT2D eigenvalue weighted by Gasteiger charge is -2.53. The molecule has 2 aromatic rings. The first-order valence-electron chi connectivity index (χ1n) is 16.4. The maximum absolute atomic E-state index is 12.7. The van der Waals surface area contributed by atoms with Crippen molar-refractivity contribution in [2.75, 3.05) is 20.2 Å². The summed E-state index contributed by atoms with van der Waals surface area (Å²) in [5.74, 6) is -0.397. The Balaban J connectivity index is 1.29. The van der Waals surface area contributed by atoms with Crippen LogP contribution in [0.15, 0.2) is 72.3 Å². The summed E-state index contributed by atoms with van der Waals surface area (Å²) in [5, 5.41) is 0. The smallest absolute Gasteiger partial charge is 0.337 e. The van der Waals surface area contributed by atoms with Crippen molar-refractivity contribution in [1.82, 2.24) is 4.90 Å². The molecule has 0 amide bonds. The van der Waals surface area contributed by atoms with Crippen LogP contribution in [0.3, 0.4) is 0 Å². The van der Waals surface area contributed by atoms with Crippen molar-refractivity contribution in [2.45, 2.75) is 104 Å². The second-order valence-corrected chi connectivity index (χ2v) is 15.1. The summed E-state index contributed by atoms with van der Waals surface area (Å²) in [7, 11) is 1.42. The number of hydrogen-bond donors (Lipinski definition) is 0. The molecule has 236 valence electrons. The van der Waals surface area contributed by atoms with E-state index in [1.165, 1.54) is 29.4 Å². The molecule has 0 unspecified atom stereocenters. The predicted octanol–water partition coefficient (Wildman–Crippen LogP) is 8.54. The van der Waals surface area contributed by atoms with Gasteiger partial charge in [0.05, 0.1) is 12.7 Å². The minimum Gasteiger partial charge on any atom is -0.465 e. The second-order valence-electron chi connectivity index (χ2n) is 15.1. The molecule has 0 bridgehead atoms. The minimum absolute atomic E-state index is 0.0171. The molecule has 1 heterocycles. The fourth-order valence-corrected chi connectivity index (χ4v) is 8.35. The van der Waals surface area contributed by atoms with E-state index in [9.17, 15) is 9.59 Å². The van der Waals surface area contributed by atoms with Gasteiger partial charge in [-0.2, -0.15) is 0 Å². The van der Waals surface area contributed by atoms with E-state index in [2.05, 4.69) is 80.3 Å². The Morgan fingerprint density at radius 2 is 1.59 bits per heavy atom. The molecule has 0 saturated heterocycles. The van der Waals surface area contributed by atoms with Crippen LogP contribution < -0.4 is 0 Å². The number of fused-ring (bicyclic) bond motifs is 1. The Morgan fingerprint density at radius 1 is 0.932 bits per heavy atom. The summed E-state index contributed by atoms with van der Waals surface area (Å²) < 4.78 is 10.6. The fraction of sp³-hybridized carbons (Fsp3) is 0.538. The number of benzene rings is 2. The van der Waals surface area contributed by atoms with E-state index in [1.54, 1.807) is 0 Å². The van der Waals surface area contributed by atoms with E-state index in [1.807, 2.05) is 32.9 Å². The van der Waals surface area contributed by atoms with Crippen LogP contribution >= 0.6 is 0 Å². The number of carbonyl (C=O) groups excluding carboxylic acids is 2. The molecule has 0 radical (unpaired) electrons. The molecule has 1 saturated carbocycles. The monoisotopic (exact) mass is 597 g/mol. The van der Waals surface area contributed by atoms with E-state index < -0.39 is 5.60 Å². The summed E-state index contributed by atoms with van der Waals surface area (Å²) in [5.41, 5.74) is 5.53. The topological polar surface area (TPSA) is 55.8 Å². The van der Waals surface area contributed by atoms with Crippen LogP contribution in [0.4, 0.5) is 0 Å². The molecular weight excluding hydrogens is 546 g/mol. The quantitative estimate of drug-likeness (QED) is 0.236. The van der Waals surface area contributed by atoms with E-state index >= 15 is 0 Å². The van der Waals surface area contributed by atoms with Gasteiger partial charge in [-0.15, -0.1) is 0 Å². The molecule has 3 aliphatic rings. The Morgan fingerprint density at radius 3 is 2.20 bits per heavy atom. The zero-order valence-electron chi connectivity index (χ0n) is 27.9. The lowest BCUT2D eigenvalue weighted by molar-refractivity contribution is -0.155. The van der Waals surface area contributed by atoms with Crippen LogP contribution in [0.2, 0.25) is 0 Å². The van der Waals surface area contributed by atoms with Crippen molar-refractivity contribution in [2.24, 2.45) is 10.8 Å². The first kappa shape index (κ1) is 32.2. The summed E-state index contributed by atoms with van der Waals surface area (Å²) in [6.45, 7) is 15.0. The average Bonchev–Trinajstić information content (AvgIpc) is 2.99. The molecular formula is C39H51NO4. The van der Waals surface area contributed by atoms with E-state index in [0.29, 0.717) is 18.0 Å². The summed E-state index contributed by atoms with van der Waals surface area (Å²) >= 11 is 0. The number of nitrogens with zero attached hydrogens (tertiary/aromatic N) is 1. The molecule has 2 aliphatic carbocycles. The van der Waals surface area contributed by atoms with Crippen LogP contribution in [0, 0.1) is 10.8 Å². The molecule has 1 aliphatic heterocycles. The Bertz CT molecular complexity index is 1400. The standard InChI is InChI=1S/C39H51NO4/c1-36(2,3)44-34(41)20-25-39(30-11-9-8-10-12-30)23-17-31(18-24-39)40-26-21-33-37(4,5)32(19-22-38(33,6)27-40)28-13-15-29(16-14-28)35(42)43-7/h8-16,19,21,31H,17-18,20,22-27H2,1-7H3/t31?,38-,39?/m1/s1. The van der Waals surface area contributed by atoms with Gasteiger partial charge in [-0.25, -0.2) is 4.79 Å². The van der Waals surface area contributed by atoms with Crippen molar-refractivity contribution in [3.8, 4) is 0 Å². The summed E-state index contributed by atoms with van der Waals surface area (Å²) in [6.07, 6.45) is 11.7. The van der Waals surface area contributed by atoms with Crippen LogP contribution in [0.25, 0.3) is 5.57 Å². The second kappa shape index (κ2) is 12.3. The molecule has 1 fully saturated rings. The van der Waals surface area contributed by atoms with Gasteiger partial charge in [0.2, 0.25) is 0 Å². The molecule has 0 N–H and O–H groups in total. The molecule has 0 spiro atoms. The van der Waals surface area contributed by atoms with Crippen LogP contribution in [-0.2, 0) is 19.7 Å². The number of carbonyl (C=O) groups is 2. The zero-order chi connectivity index (χ0) is 31.8. The number of allylic oxidation sites excluding steroid dienone is 2. The number of esters is 2. The molecule has 5 rings (SSSR count). The van der Waals surface area contributed by atoms with Crippen molar-refractivity contribution < 1.29 is 19.1 Å². The molecule has 1 atom stereocenters. The van der Waals surface area contributed by atoms with Crippen molar-refractivity contribution in [1.29, 1.82) is 0 Å². The number of ether oxygens (including phenoxy) is 2. The van der Waals surface area contributed by atoms with E-state index in [4.69, 9.17) is 9.47 Å². The first-order valence-corrected chi connectivity index (χ1v) is 16.4. The lowest BCUT2D eigenvalue weighted by Crippen LogP contribution is -2.51. The van der Waals surface area contributed by atoms with Gasteiger partial charge in [-0.3, -0.25) is 9.69 Å². The summed E-state index contributed by atoms with van der Waals surface area (Å²) in [6, 6.07) is 19.3. The van der Waals surface area contributed by atoms with E-state index in [-0.39, 0.29) is 28.2 Å². The maximum Gasteiger partial charge on any atom is 0.337 e.